The number of para-hydroxylation sites is 1. The van der Waals surface area contributed by atoms with Crippen molar-refractivity contribution in [3.63, 3.8) is 0 Å². The molecule has 2 aromatic carbocycles. The second-order valence-corrected chi connectivity index (χ2v) is 9.05. The van der Waals surface area contributed by atoms with Gasteiger partial charge < -0.3 is 9.64 Å². The molecule has 1 aliphatic rings. The normalized spacial score (nSPS) is 13.7. The number of nitrogens with zero attached hydrogens (tertiary/aromatic N) is 7. The van der Waals surface area contributed by atoms with Crippen LogP contribution in [-0.4, -0.2) is 50.8 Å². The molecule has 2 aromatic heterocycles. The minimum absolute atomic E-state index is 0.533. The SMILES string of the molecule is Cc1ccc(-n2c(SCc3c(C#N)c(C)nn3-c3ccccc3)nnc2N2CCOCC2)cc1. The summed E-state index contributed by atoms with van der Waals surface area (Å²) in [6, 6.07) is 20.6. The highest BCUT2D eigenvalue weighted by molar-refractivity contribution is 7.98. The Morgan fingerprint density at radius 2 is 1.71 bits per heavy atom. The molecule has 3 heterocycles. The third kappa shape index (κ3) is 4.30. The molecule has 0 aliphatic carbocycles. The minimum atomic E-state index is 0.533. The lowest BCUT2D eigenvalue weighted by atomic mass is 10.2. The maximum Gasteiger partial charge on any atom is 0.232 e. The molecule has 1 aliphatic heterocycles. The van der Waals surface area contributed by atoms with Crippen LogP contribution in [0.15, 0.2) is 59.8 Å². The first kappa shape index (κ1) is 22.2. The molecule has 1 saturated heterocycles. The highest BCUT2D eigenvalue weighted by atomic mass is 32.2. The Morgan fingerprint density at radius 1 is 0.971 bits per heavy atom. The zero-order chi connectivity index (χ0) is 23.5. The van der Waals surface area contributed by atoms with Crippen LogP contribution in [0, 0.1) is 25.2 Å². The highest BCUT2D eigenvalue weighted by Gasteiger charge is 2.23. The van der Waals surface area contributed by atoms with Crippen LogP contribution >= 0.6 is 11.8 Å². The predicted octanol–water partition coefficient (Wildman–Crippen LogP) is 4.07. The van der Waals surface area contributed by atoms with Crippen LogP contribution in [-0.2, 0) is 10.5 Å². The van der Waals surface area contributed by atoms with Gasteiger partial charge in [0, 0.05) is 18.8 Å². The molecule has 0 spiro atoms. The molecule has 9 heteroatoms. The predicted molar refractivity (Wildman–Crippen MR) is 132 cm³/mol. The van der Waals surface area contributed by atoms with Gasteiger partial charge in [0.15, 0.2) is 5.16 Å². The van der Waals surface area contributed by atoms with Gasteiger partial charge in [-0.2, -0.15) is 10.4 Å². The molecule has 1 fully saturated rings. The van der Waals surface area contributed by atoms with Gasteiger partial charge in [-0.05, 0) is 38.1 Å². The molecule has 0 unspecified atom stereocenters. The van der Waals surface area contributed by atoms with Crippen molar-refractivity contribution < 1.29 is 4.74 Å². The number of hydrogen-bond acceptors (Lipinski definition) is 7. The molecule has 0 saturated carbocycles. The minimum Gasteiger partial charge on any atom is -0.378 e. The number of aromatic nitrogens is 5. The summed E-state index contributed by atoms with van der Waals surface area (Å²) in [5, 5.41) is 24.4. The molecule has 5 rings (SSSR count). The van der Waals surface area contributed by atoms with Crippen LogP contribution in [0.2, 0.25) is 0 Å². The topological polar surface area (TPSA) is 84.8 Å². The first-order chi connectivity index (χ1) is 16.7. The average molecular weight is 472 g/mol. The van der Waals surface area contributed by atoms with Crippen LogP contribution in [0.5, 0.6) is 0 Å². The summed E-state index contributed by atoms with van der Waals surface area (Å²) in [4.78, 5) is 2.21. The molecule has 34 heavy (non-hydrogen) atoms. The number of aryl methyl sites for hydroxylation is 2. The number of anilines is 1. The van der Waals surface area contributed by atoms with E-state index in [9.17, 15) is 5.26 Å². The maximum absolute atomic E-state index is 9.83. The van der Waals surface area contributed by atoms with Crippen molar-refractivity contribution >= 4 is 17.7 Å². The summed E-state index contributed by atoms with van der Waals surface area (Å²) in [5.74, 6) is 1.34. The van der Waals surface area contributed by atoms with E-state index in [-0.39, 0.29) is 0 Å². The van der Waals surface area contributed by atoms with Crippen LogP contribution in [0.3, 0.4) is 0 Å². The Kier molecular flexibility index (Phi) is 6.34. The number of hydrogen-bond donors (Lipinski definition) is 0. The lowest BCUT2D eigenvalue weighted by Crippen LogP contribution is -2.37. The van der Waals surface area contributed by atoms with E-state index in [1.54, 1.807) is 11.8 Å². The van der Waals surface area contributed by atoms with Gasteiger partial charge in [-0.3, -0.25) is 4.57 Å². The molecule has 172 valence electrons. The van der Waals surface area contributed by atoms with Crippen molar-refractivity contribution in [3.05, 3.63) is 77.1 Å². The summed E-state index contributed by atoms with van der Waals surface area (Å²) in [6.07, 6.45) is 0. The molecule has 0 N–H and O–H groups in total. The molecule has 0 atom stereocenters. The summed E-state index contributed by atoms with van der Waals surface area (Å²) >= 11 is 1.56. The smallest absolute Gasteiger partial charge is 0.232 e. The van der Waals surface area contributed by atoms with E-state index in [4.69, 9.17) is 4.74 Å². The van der Waals surface area contributed by atoms with Gasteiger partial charge in [-0.1, -0.05) is 47.7 Å². The first-order valence-corrected chi connectivity index (χ1v) is 12.2. The third-order valence-corrected chi connectivity index (χ3v) is 6.75. The molecular weight excluding hydrogens is 446 g/mol. The Labute approximate surface area is 202 Å². The first-order valence-electron chi connectivity index (χ1n) is 11.2. The number of thioether (sulfide) groups is 1. The molecule has 8 nitrogen and oxygen atoms in total. The van der Waals surface area contributed by atoms with Crippen LogP contribution in [0.1, 0.15) is 22.5 Å². The number of ether oxygens (including phenoxy) is 1. The fraction of sp³-hybridized carbons (Fsp3) is 0.280. The Hall–Kier alpha value is -3.61. The van der Waals surface area contributed by atoms with Crippen molar-refractivity contribution in [1.82, 2.24) is 24.5 Å². The van der Waals surface area contributed by atoms with Gasteiger partial charge in [-0.25, -0.2) is 4.68 Å². The summed E-state index contributed by atoms with van der Waals surface area (Å²) in [6.45, 7) is 6.83. The van der Waals surface area contributed by atoms with E-state index >= 15 is 0 Å². The van der Waals surface area contributed by atoms with Gasteiger partial charge in [-0.15, -0.1) is 10.2 Å². The van der Waals surface area contributed by atoms with E-state index in [0.29, 0.717) is 24.5 Å². The number of nitriles is 1. The van der Waals surface area contributed by atoms with Gasteiger partial charge >= 0.3 is 0 Å². The summed E-state index contributed by atoms with van der Waals surface area (Å²) in [5.41, 5.74) is 5.30. The van der Waals surface area contributed by atoms with Gasteiger partial charge in [0.25, 0.3) is 0 Å². The van der Waals surface area contributed by atoms with Crippen molar-refractivity contribution in [3.8, 4) is 17.4 Å². The molecular formula is C25H25N7OS. The number of benzene rings is 2. The molecule has 0 amide bonds. The van der Waals surface area contributed by atoms with Gasteiger partial charge in [0.05, 0.1) is 41.5 Å². The zero-order valence-electron chi connectivity index (χ0n) is 19.2. The second-order valence-electron chi connectivity index (χ2n) is 8.11. The van der Waals surface area contributed by atoms with Crippen LogP contribution < -0.4 is 4.90 Å². The molecule has 0 bridgehead atoms. The lowest BCUT2D eigenvalue weighted by molar-refractivity contribution is 0.122. The van der Waals surface area contributed by atoms with E-state index in [2.05, 4.69) is 62.0 Å². The Balaban J connectivity index is 1.52. The van der Waals surface area contributed by atoms with Gasteiger partial charge in [0.1, 0.15) is 6.07 Å². The van der Waals surface area contributed by atoms with E-state index in [1.807, 2.05) is 41.9 Å². The maximum atomic E-state index is 9.83. The van der Waals surface area contributed by atoms with Crippen molar-refractivity contribution in [2.75, 3.05) is 31.2 Å². The largest absolute Gasteiger partial charge is 0.378 e. The summed E-state index contributed by atoms with van der Waals surface area (Å²) < 4.78 is 9.49. The second kappa shape index (κ2) is 9.71. The van der Waals surface area contributed by atoms with Crippen LogP contribution in [0.25, 0.3) is 11.4 Å². The summed E-state index contributed by atoms with van der Waals surface area (Å²) in [7, 11) is 0. The number of morpholine rings is 1. The standard InChI is InChI=1S/C25H25N7OS/c1-18-8-10-20(11-9-18)31-24(30-12-14-33-15-13-30)27-28-25(31)34-17-23-22(16-26)19(2)29-32(23)21-6-4-3-5-7-21/h3-11H,12-15,17H2,1-2H3. The van der Waals surface area contributed by atoms with Crippen molar-refractivity contribution in [2.45, 2.75) is 24.8 Å². The Bertz CT molecular complexity index is 1320. The monoisotopic (exact) mass is 471 g/mol. The Morgan fingerprint density at radius 3 is 2.41 bits per heavy atom. The van der Waals surface area contributed by atoms with E-state index in [1.165, 1.54) is 5.56 Å². The molecule has 4 aromatic rings. The molecule has 0 radical (unpaired) electrons. The fourth-order valence-corrected chi connectivity index (χ4v) is 4.96. The van der Waals surface area contributed by atoms with E-state index < -0.39 is 0 Å². The fourth-order valence-electron chi connectivity index (χ4n) is 4.01. The quantitative estimate of drug-likeness (QED) is 0.392. The van der Waals surface area contributed by atoms with Crippen molar-refractivity contribution in [2.24, 2.45) is 0 Å². The van der Waals surface area contributed by atoms with Gasteiger partial charge in [0.2, 0.25) is 5.95 Å². The van der Waals surface area contributed by atoms with Crippen molar-refractivity contribution in [1.29, 1.82) is 5.26 Å². The third-order valence-electron chi connectivity index (χ3n) is 5.81. The zero-order valence-corrected chi connectivity index (χ0v) is 20.0. The average Bonchev–Trinajstić information content (AvgIpc) is 3.44. The lowest BCUT2D eigenvalue weighted by Gasteiger charge is -2.28. The number of rotatable bonds is 6. The highest BCUT2D eigenvalue weighted by Crippen LogP contribution is 2.31. The van der Waals surface area contributed by atoms with Crippen LogP contribution in [0.4, 0.5) is 5.95 Å². The van der Waals surface area contributed by atoms with E-state index in [0.717, 1.165) is 47.0 Å².